The van der Waals surface area contributed by atoms with Gasteiger partial charge in [-0.15, -0.1) is 0 Å². The zero-order valence-electron chi connectivity index (χ0n) is 15.9. The third-order valence-corrected chi connectivity index (χ3v) is 6.08. The van der Waals surface area contributed by atoms with E-state index in [1.165, 1.54) is 11.1 Å². The molecule has 1 amide bonds. The smallest absolute Gasteiger partial charge is 0.253 e. The van der Waals surface area contributed by atoms with E-state index >= 15 is 0 Å². The molecule has 142 valence electrons. The van der Waals surface area contributed by atoms with E-state index < -0.39 is 0 Å². The van der Waals surface area contributed by atoms with Crippen LogP contribution in [-0.2, 0) is 13.0 Å². The number of amides is 1. The fourth-order valence-corrected chi connectivity index (χ4v) is 4.55. The van der Waals surface area contributed by atoms with Crippen molar-refractivity contribution in [3.8, 4) is 0 Å². The SMILES string of the molecule is O=C(c1ccc2nccnc2c1)N1CCCC(N2CCc3ccccc3C2)C1. The number of nitrogens with zero attached hydrogens (tertiary/aromatic N) is 4. The molecule has 28 heavy (non-hydrogen) atoms. The average Bonchev–Trinajstić information content (AvgIpc) is 2.78. The number of likely N-dealkylation sites (tertiary alicyclic amines) is 1. The fraction of sp³-hybridized carbons (Fsp3) is 0.348. The molecule has 1 unspecified atom stereocenters. The summed E-state index contributed by atoms with van der Waals surface area (Å²) in [5.74, 6) is 0.106. The third kappa shape index (κ3) is 3.27. The predicted molar refractivity (Wildman–Crippen MR) is 109 cm³/mol. The molecule has 3 heterocycles. The van der Waals surface area contributed by atoms with Crippen molar-refractivity contribution in [2.75, 3.05) is 19.6 Å². The number of benzene rings is 2. The van der Waals surface area contributed by atoms with Crippen LogP contribution in [0.3, 0.4) is 0 Å². The molecule has 2 aliphatic rings. The van der Waals surface area contributed by atoms with Crippen molar-refractivity contribution < 1.29 is 4.79 Å². The van der Waals surface area contributed by atoms with Crippen LogP contribution in [0.15, 0.2) is 54.9 Å². The summed E-state index contributed by atoms with van der Waals surface area (Å²) < 4.78 is 0. The van der Waals surface area contributed by atoms with Gasteiger partial charge in [-0.1, -0.05) is 24.3 Å². The quantitative estimate of drug-likeness (QED) is 0.693. The van der Waals surface area contributed by atoms with Gasteiger partial charge in [0, 0.05) is 50.2 Å². The summed E-state index contributed by atoms with van der Waals surface area (Å²) >= 11 is 0. The normalized spacial score (nSPS) is 20.1. The Morgan fingerprint density at radius 3 is 2.68 bits per heavy atom. The molecule has 0 N–H and O–H groups in total. The summed E-state index contributed by atoms with van der Waals surface area (Å²) in [5, 5.41) is 0. The molecule has 5 rings (SSSR count). The number of piperidine rings is 1. The lowest BCUT2D eigenvalue weighted by atomic mass is 9.95. The maximum Gasteiger partial charge on any atom is 0.253 e. The number of fused-ring (bicyclic) bond motifs is 2. The standard InChI is InChI=1S/C23H24N4O/c28-23(18-7-8-21-22(14-18)25-11-10-24-21)27-12-3-6-20(16-27)26-13-9-17-4-1-2-5-19(17)15-26/h1-2,4-5,7-8,10-11,14,20H,3,6,9,12-13,15-16H2. The van der Waals surface area contributed by atoms with Crippen LogP contribution in [0.1, 0.15) is 34.3 Å². The van der Waals surface area contributed by atoms with E-state index in [2.05, 4.69) is 39.1 Å². The van der Waals surface area contributed by atoms with E-state index in [1.54, 1.807) is 12.4 Å². The Morgan fingerprint density at radius 1 is 0.964 bits per heavy atom. The van der Waals surface area contributed by atoms with E-state index in [0.717, 1.165) is 56.5 Å². The summed E-state index contributed by atoms with van der Waals surface area (Å²) in [6.45, 7) is 3.71. The first kappa shape index (κ1) is 17.3. The lowest BCUT2D eigenvalue weighted by Gasteiger charge is -2.41. The second-order valence-electron chi connectivity index (χ2n) is 7.80. The molecule has 0 saturated carbocycles. The molecule has 0 aliphatic carbocycles. The van der Waals surface area contributed by atoms with Crippen LogP contribution < -0.4 is 0 Å². The Kier molecular flexibility index (Phi) is 4.53. The zero-order chi connectivity index (χ0) is 18.9. The molecular weight excluding hydrogens is 348 g/mol. The van der Waals surface area contributed by atoms with Crippen LogP contribution in [0.2, 0.25) is 0 Å². The molecule has 0 radical (unpaired) electrons. The molecule has 1 saturated heterocycles. The molecule has 1 aromatic heterocycles. The minimum atomic E-state index is 0.106. The van der Waals surface area contributed by atoms with Crippen molar-refractivity contribution in [3.05, 3.63) is 71.5 Å². The topological polar surface area (TPSA) is 49.3 Å². The summed E-state index contributed by atoms with van der Waals surface area (Å²) in [4.78, 5) is 26.3. The molecule has 2 aliphatic heterocycles. The fourth-order valence-electron chi connectivity index (χ4n) is 4.55. The van der Waals surface area contributed by atoms with Gasteiger partial charge in [-0.2, -0.15) is 0 Å². The van der Waals surface area contributed by atoms with Gasteiger partial charge in [-0.25, -0.2) is 0 Å². The molecule has 1 atom stereocenters. The van der Waals surface area contributed by atoms with Gasteiger partial charge in [-0.3, -0.25) is 19.7 Å². The number of carbonyl (C=O) groups excluding carboxylic acids is 1. The van der Waals surface area contributed by atoms with Crippen molar-refractivity contribution in [2.45, 2.75) is 31.8 Å². The van der Waals surface area contributed by atoms with Crippen LogP contribution in [0.25, 0.3) is 11.0 Å². The van der Waals surface area contributed by atoms with Gasteiger partial charge in [0.25, 0.3) is 5.91 Å². The van der Waals surface area contributed by atoms with E-state index in [4.69, 9.17) is 0 Å². The highest BCUT2D eigenvalue weighted by Gasteiger charge is 2.30. The van der Waals surface area contributed by atoms with Crippen LogP contribution in [0.5, 0.6) is 0 Å². The Morgan fingerprint density at radius 2 is 1.79 bits per heavy atom. The first-order valence-electron chi connectivity index (χ1n) is 10.1. The van der Waals surface area contributed by atoms with Crippen LogP contribution in [0.4, 0.5) is 0 Å². The summed E-state index contributed by atoms with van der Waals surface area (Å²) in [5.41, 5.74) is 5.21. The highest BCUT2D eigenvalue weighted by molar-refractivity contribution is 5.97. The van der Waals surface area contributed by atoms with Crippen LogP contribution in [0, 0.1) is 0 Å². The lowest BCUT2D eigenvalue weighted by molar-refractivity contribution is 0.0549. The van der Waals surface area contributed by atoms with E-state index in [0.29, 0.717) is 11.6 Å². The molecule has 0 spiro atoms. The molecule has 0 bridgehead atoms. The maximum atomic E-state index is 13.1. The van der Waals surface area contributed by atoms with Gasteiger partial charge in [-0.05, 0) is 48.6 Å². The number of hydrogen-bond acceptors (Lipinski definition) is 4. The third-order valence-electron chi connectivity index (χ3n) is 6.08. The molecule has 2 aromatic carbocycles. The van der Waals surface area contributed by atoms with Gasteiger partial charge in [0.05, 0.1) is 11.0 Å². The average molecular weight is 372 g/mol. The van der Waals surface area contributed by atoms with Crippen molar-refractivity contribution >= 4 is 16.9 Å². The van der Waals surface area contributed by atoms with Gasteiger partial charge in [0.15, 0.2) is 0 Å². The summed E-state index contributed by atoms with van der Waals surface area (Å²) in [6.07, 6.45) is 6.67. The first-order valence-corrected chi connectivity index (χ1v) is 10.1. The Labute approximate surface area is 165 Å². The van der Waals surface area contributed by atoms with Crippen molar-refractivity contribution in [1.82, 2.24) is 19.8 Å². The largest absolute Gasteiger partial charge is 0.337 e. The monoisotopic (exact) mass is 372 g/mol. The number of carbonyl (C=O) groups is 1. The lowest BCUT2D eigenvalue weighted by Crippen LogP contribution is -2.51. The van der Waals surface area contributed by atoms with Gasteiger partial charge in [0.1, 0.15) is 0 Å². The van der Waals surface area contributed by atoms with Crippen LogP contribution >= 0.6 is 0 Å². The van der Waals surface area contributed by atoms with Crippen molar-refractivity contribution in [1.29, 1.82) is 0 Å². The second kappa shape index (κ2) is 7.32. The Hall–Kier alpha value is -2.79. The Bertz CT molecular complexity index is 1020. The zero-order valence-corrected chi connectivity index (χ0v) is 15.9. The Balaban J connectivity index is 1.32. The number of rotatable bonds is 2. The van der Waals surface area contributed by atoms with Gasteiger partial charge in [0.2, 0.25) is 0 Å². The second-order valence-corrected chi connectivity index (χ2v) is 7.80. The maximum absolute atomic E-state index is 13.1. The number of aromatic nitrogens is 2. The minimum absolute atomic E-state index is 0.106. The molecular formula is C23H24N4O. The molecule has 3 aromatic rings. The van der Waals surface area contributed by atoms with E-state index in [-0.39, 0.29) is 5.91 Å². The van der Waals surface area contributed by atoms with E-state index in [1.807, 2.05) is 23.1 Å². The van der Waals surface area contributed by atoms with Gasteiger partial charge >= 0.3 is 0 Å². The minimum Gasteiger partial charge on any atom is -0.337 e. The first-order chi connectivity index (χ1) is 13.8. The summed E-state index contributed by atoms with van der Waals surface area (Å²) in [6, 6.07) is 14.8. The van der Waals surface area contributed by atoms with Crippen LogP contribution in [-0.4, -0.2) is 51.4 Å². The number of hydrogen-bond donors (Lipinski definition) is 0. The van der Waals surface area contributed by atoms with Crippen molar-refractivity contribution in [3.63, 3.8) is 0 Å². The van der Waals surface area contributed by atoms with E-state index in [9.17, 15) is 4.79 Å². The highest BCUT2D eigenvalue weighted by atomic mass is 16.2. The predicted octanol–water partition coefficient (Wildman–Crippen LogP) is 3.29. The van der Waals surface area contributed by atoms with Gasteiger partial charge < -0.3 is 4.90 Å². The molecule has 1 fully saturated rings. The highest BCUT2D eigenvalue weighted by Crippen LogP contribution is 2.25. The van der Waals surface area contributed by atoms with Crippen molar-refractivity contribution in [2.24, 2.45) is 0 Å². The molecule has 5 heteroatoms. The summed E-state index contributed by atoms with van der Waals surface area (Å²) in [7, 11) is 0. The molecule has 5 nitrogen and oxygen atoms in total.